The molecule has 0 saturated carbocycles. The number of carbonyl (C=O) groups is 1. The average molecular weight is 460 g/mol. The summed E-state index contributed by atoms with van der Waals surface area (Å²) in [6.07, 6.45) is -8.07. The number of nitrogens with two attached hydrogens (primary N) is 1. The molecule has 1 aromatic carbocycles. The maximum absolute atomic E-state index is 13.0. The van der Waals surface area contributed by atoms with E-state index in [1.165, 1.54) is 12.3 Å². The third kappa shape index (κ3) is 7.43. The molecule has 0 radical (unpaired) electrons. The number of nitrogens with zero attached hydrogens (tertiary/aromatic N) is 1. The van der Waals surface area contributed by atoms with Gasteiger partial charge < -0.3 is 16.2 Å². The number of alkyl halides is 6. The highest BCUT2D eigenvalue weighted by molar-refractivity contribution is 9.10. The lowest BCUT2D eigenvalue weighted by Gasteiger charge is -2.15. The van der Waals surface area contributed by atoms with Crippen LogP contribution in [0, 0.1) is 0 Å². The first-order valence-electron chi connectivity index (χ1n) is 6.93. The normalized spacial score (nSPS) is 11.4. The lowest BCUT2D eigenvalue weighted by Crippen LogP contribution is -2.21. The van der Waals surface area contributed by atoms with Gasteiger partial charge in [-0.3, -0.25) is 4.98 Å². The van der Waals surface area contributed by atoms with Crippen LogP contribution in [0.1, 0.15) is 11.3 Å². The second-order valence-electron chi connectivity index (χ2n) is 4.86. The van der Waals surface area contributed by atoms with E-state index in [1.807, 2.05) is 0 Å². The van der Waals surface area contributed by atoms with Crippen molar-refractivity contribution < 1.29 is 36.2 Å². The third-order valence-electron chi connectivity index (χ3n) is 2.84. The molecule has 27 heavy (non-hydrogen) atoms. The Morgan fingerprint density at radius 2 is 1.74 bits per heavy atom. The van der Waals surface area contributed by atoms with Crippen LogP contribution in [0.2, 0.25) is 0 Å². The zero-order valence-electron chi connectivity index (χ0n) is 13.2. The summed E-state index contributed by atoms with van der Waals surface area (Å²) < 4.78 is 71.0. The number of halogens is 7. The molecule has 2 aromatic rings. The van der Waals surface area contributed by atoms with Crippen LogP contribution in [0.5, 0.6) is 0 Å². The van der Waals surface area contributed by atoms with Crippen molar-refractivity contribution in [3.05, 3.63) is 52.3 Å². The molecule has 0 bridgehead atoms. The predicted molar refractivity (Wildman–Crippen MR) is 88.2 cm³/mol. The average Bonchev–Trinajstić information content (AvgIpc) is 2.56. The quantitative estimate of drug-likeness (QED) is 0.579. The fourth-order valence-corrected chi connectivity index (χ4v) is 2.00. The van der Waals surface area contributed by atoms with Crippen molar-refractivity contribution in [2.24, 2.45) is 5.73 Å². The fraction of sp³-hybridized carbons (Fsp3) is 0.200. The number of benzene rings is 1. The zero-order valence-corrected chi connectivity index (χ0v) is 14.8. The monoisotopic (exact) mass is 459 g/mol. The minimum Gasteiger partial charge on any atom is -0.475 e. The summed E-state index contributed by atoms with van der Waals surface area (Å²) >= 11 is 3.04. The summed E-state index contributed by atoms with van der Waals surface area (Å²) in [5.74, 6) is -2.76. The second kappa shape index (κ2) is 9.04. The highest BCUT2D eigenvalue weighted by Gasteiger charge is 2.38. The topological polar surface area (TPSA) is 88.2 Å². The first-order valence-corrected chi connectivity index (χ1v) is 7.72. The second-order valence-corrected chi connectivity index (χ2v) is 5.77. The molecular weight excluding hydrogens is 448 g/mol. The summed E-state index contributed by atoms with van der Waals surface area (Å²) in [6.45, 7) is 0.284. The SMILES string of the molecule is NCc1ccc(Nc2ccc(Br)cc2C(F)(F)F)cn1.O=C(O)C(F)(F)F. The number of rotatable bonds is 3. The highest BCUT2D eigenvalue weighted by atomic mass is 79.9. The molecule has 5 nitrogen and oxygen atoms in total. The summed E-state index contributed by atoms with van der Waals surface area (Å²) in [5.41, 5.74) is 5.78. The van der Waals surface area contributed by atoms with Crippen molar-refractivity contribution in [2.75, 3.05) is 5.32 Å². The standard InChI is InChI=1S/C13H11BrF3N3.C2HF3O2/c14-8-1-4-12(11(5-8)13(15,16)17)20-10-3-2-9(6-18)19-7-10;3-2(4,5)1(6)7/h1-5,7,20H,6,18H2;(H,6,7). The molecule has 148 valence electrons. The minimum absolute atomic E-state index is 0.0250. The Labute approximate surface area is 157 Å². The Bertz CT molecular complexity index is 779. The Morgan fingerprint density at radius 3 is 2.15 bits per heavy atom. The van der Waals surface area contributed by atoms with E-state index >= 15 is 0 Å². The van der Waals surface area contributed by atoms with Gasteiger partial charge in [0.2, 0.25) is 0 Å². The number of hydrogen-bond donors (Lipinski definition) is 3. The van der Waals surface area contributed by atoms with Gasteiger partial charge in [-0.05, 0) is 30.3 Å². The van der Waals surface area contributed by atoms with E-state index in [-0.39, 0.29) is 12.2 Å². The van der Waals surface area contributed by atoms with Gasteiger partial charge in [0.15, 0.2) is 0 Å². The number of carboxylic acids is 1. The fourth-order valence-electron chi connectivity index (χ4n) is 1.63. The van der Waals surface area contributed by atoms with E-state index in [4.69, 9.17) is 15.6 Å². The molecule has 0 atom stereocenters. The maximum Gasteiger partial charge on any atom is 0.490 e. The molecule has 1 heterocycles. The number of aromatic nitrogens is 1. The molecule has 0 unspecified atom stereocenters. The van der Waals surface area contributed by atoms with Gasteiger partial charge in [-0.1, -0.05) is 15.9 Å². The van der Waals surface area contributed by atoms with Gasteiger partial charge in [0, 0.05) is 11.0 Å². The summed E-state index contributed by atoms with van der Waals surface area (Å²) in [5, 5.41) is 9.84. The highest BCUT2D eigenvalue weighted by Crippen LogP contribution is 2.37. The largest absolute Gasteiger partial charge is 0.490 e. The smallest absolute Gasteiger partial charge is 0.475 e. The number of nitrogens with one attached hydrogen (secondary N) is 1. The van der Waals surface area contributed by atoms with E-state index in [1.54, 1.807) is 18.2 Å². The molecule has 0 fully saturated rings. The molecule has 1 aromatic heterocycles. The summed E-state index contributed by atoms with van der Waals surface area (Å²) in [7, 11) is 0. The lowest BCUT2D eigenvalue weighted by atomic mass is 10.1. The maximum atomic E-state index is 13.0. The predicted octanol–water partition coefficient (Wildman–Crippen LogP) is 4.70. The third-order valence-corrected chi connectivity index (χ3v) is 3.34. The van der Waals surface area contributed by atoms with Gasteiger partial charge in [0.1, 0.15) is 0 Å². The van der Waals surface area contributed by atoms with Crippen LogP contribution in [0.3, 0.4) is 0 Å². The van der Waals surface area contributed by atoms with Gasteiger partial charge in [-0.2, -0.15) is 26.3 Å². The molecule has 12 heteroatoms. The molecule has 2 rings (SSSR count). The van der Waals surface area contributed by atoms with Crippen molar-refractivity contribution in [3.8, 4) is 0 Å². The van der Waals surface area contributed by atoms with Crippen LogP contribution < -0.4 is 11.1 Å². The van der Waals surface area contributed by atoms with Crippen LogP contribution in [-0.4, -0.2) is 22.2 Å². The molecule has 0 spiro atoms. The number of hydrogen-bond acceptors (Lipinski definition) is 4. The van der Waals surface area contributed by atoms with Crippen LogP contribution in [0.25, 0.3) is 0 Å². The summed E-state index contributed by atoms with van der Waals surface area (Å²) in [6, 6.07) is 7.23. The lowest BCUT2D eigenvalue weighted by molar-refractivity contribution is -0.192. The minimum atomic E-state index is -5.08. The van der Waals surface area contributed by atoms with Gasteiger partial charge in [0.05, 0.1) is 28.8 Å². The Kier molecular flexibility index (Phi) is 7.60. The van der Waals surface area contributed by atoms with Gasteiger partial charge in [-0.15, -0.1) is 0 Å². The number of anilines is 2. The van der Waals surface area contributed by atoms with E-state index in [0.29, 0.717) is 15.9 Å². The van der Waals surface area contributed by atoms with Crippen molar-refractivity contribution in [1.29, 1.82) is 0 Å². The van der Waals surface area contributed by atoms with Crippen molar-refractivity contribution in [1.82, 2.24) is 4.98 Å². The van der Waals surface area contributed by atoms with E-state index in [0.717, 1.165) is 6.07 Å². The van der Waals surface area contributed by atoms with E-state index in [2.05, 4.69) is 26.2 Å². The Morgan fingerprint density at radius 1 is 1.15 bits per heavy atom. The van der Waals surface area contributed by atoms with Gasteiger partial charge in [0.25, 0.3) is 0 Å². The van der Waals surface area contributed by atoms with Crippen LogP contribution in [-0.2, 0) is 17.5 Å². The van der Waals surface area contributed by atoms with E-state index in [9.17, 15) is 26.3 Å². The van der Waals surface area contributed by atoms with Gasteiger partial charge in [-0.25, -0.2) is 4.79 Å². The molecule has 0 aliphatic heterocycles. The molecule has 4 N–H and O–H groups in total. The van der Waals surface area contributed by atoms with Crippen molar-refractivity contribution in [3.63, 3.8) is 0 Å². The Balaban J connectivity index is 0.000000445. The molecule has 0 amide bonds. The van der Waals surface area contributed by atoms with Crippen molar-refractivity contribution in [2.45, 2.75) is 18.9 Å². The van der Waals surface area contributed by atoms with Crippen LogP contribution in [0.15, 0.2) is 41.0 Å². The number of aliphatic carboxylic acids is 1. The van der Waals surface area contributed by atoms with Crippen molar-refractivity contribution >= 4 is 33.3 Å². The number of pyridine rings is 1. The molecule has 0 aliphatic rings. The Hall–Kier alpha value is -2.34. The number of carboxylic acid groups (broad SMARTS) is 1. The van der Waals surface area contributed by atoms with Crippen LogP contribution >= 0.6 is 15.9 Å². The zero-order chi connectivity index (χ0) is 20.8. The first-order chi connectivity index (χ1) is 12.3. The molecule has 0 saturated heterocycles. The summed E-state index contributed by atoms with van der Waals surface area (Å²) in [4.78, 5) is 12.9. The molecular formula is C15H12BrF6N3O2. The molecule has 0 aliphatic carbocycles. The van der Waals surface area contributed by atoms with Gasteiger partial charge >= 0.3 is 18.3 Å². The van der Waals surface area contributed by atoms with Crippen LogP contribution in [0.4, 0.5) is 37.7 Å². The van der Waals surface area contributed by atoms with E-state index < -0.39 is 23.9 Å². The first kappa shape index (κ1) is 22.7.